The number of nitrogens with two attached hydrogens (primary N) is 1. The van der Waals surface area contributed by atoms with Crippen molar-refractivity contribution in [1.82, 2.24) is 9.71 Å². The molecule has 0 fully saturated rings. The second-order valence-corrected chi connectivity index (χ2v) is 6.34. The first-order chi connectivity index (χ1) is 10.7. The van der Waals surface area contributed by atoms with Gasteiger partial charge in [-0.1, -0.05) is 12.0 Å². The third kappa shape index (κ3) is 4.79. The first kappa shape index (κ1) is 16.5. The maximum absolute atomic E-state index is 13.2. The van der Waals surface area contributed by atoms with E-state index in [0.29, 0.717) is 5.69 Å². The van der Waals surface area contributed by atoms with E-state index in [-0.39, 0.29) is 17.0 Å². The van der Waals surface area contributed by atoms with Crippen LogP contribution in [0.1, 0.15) is 21.7 Å². The van der Waals surface area contributed by atoms with Gasteiger partial charge in [0, 0.05) is 5.69 Å². The summed E-state index contributed by atoms with van der Waals surface area (Å²) in [5.41, 5.74) is 6.40. The van der Waals surface area contributed by atoms with Crippen LogP contribution in [0.3, 0.4) is 0 Å². The highest BCUT2D eigenvalue weighted by molar-refractivity contribution is 7.89. The normalized spacial score (nSPS) is 10.5. The summed E-state index contributed by atoms with van der Waals surface area (Å²) in [5, 5.41) is 0. The number of rotatable bonds is 2. The maximum Gasteiger partial charge on any atom is 0.283 e. The number of aromatic nitrogens is 1. The van der Waals surface area contributed by atoms with Crippen LogP contribution in [-0.4, -0.2) is 25.6 Å². The van der Waals surface area contributed by atoms with Gasteiger partial charge in [0.2, 0.25) is 10.0 Å². The Bertz CT molecular complexity index is 930. The van der Waals surface area contributed by atoms with Gasteiger partial charge in [-0.15, -0.1) is 0 Å². The van der Waals surface area contributed by atoms with E-state index in [4.69, 9.17) is 5.73 Å². The summed E-state index contributed by atoms with van der Waals surface area (Å²) in [6.07, 6.45) is 0.862. The summed E-state index contributed by atoms with van der Waals surface area (Å²) in [5.74, 6) is 3.97. The van der Waals surface area contributed by atoms with E-state index in [1.807, 2.05) is 0 Å². The molecule has 1 heterocycles. The van der Waals surface area contributed by atoms with Crippen LogP contribution in [-0.2, 0) is 10.0 Å². The van der Waals surface area contributed by atoms with Gasteiger partial charge >= 0.3 is 0 Å². The molecule has 0 aliphatic rings. The lowest BCUT2D eigenvalue weighted by molar-refractivity contribution is 0.0977. The largest absolute Gasteiger partial charge is 0.398 e. The zero-order valence-electron chi connectivity index (χ0n) is 12.0. The molecule has 2 rings (SSSR count). The topological polar surface area (TPSA) is 102 Å². The molecule has 0 spiro atoms. The summed E-state index contributed by atoms with van der Waals surface area (Å²) in [6, 6.07) is 8.17. The second-order valence-electron chi connectivity index (χ2n) is 4.59. The van der Waals surface area contributed by atoms with Crippen LogP contribution < -0.4 is 10.5 Å². The van der Waals surface area contributed by atoms with Gasteiger partial charge in [0.15, 0.2) is 0 Å². The molecule has 3 N–H and O–H groups in total. The molecule has 0 saturated carbocycles. The molecule has 0 atom stereocenters. The lowest BCUT2D eigenvalue weighted by Gasteiger charge is -2.02. The monoisotopic (exact) mass is 333 g/mol. The van der Waals surface area contributed by atoms with Crippen molar-refractivity contribution in [3.8, 4) is 11.8 Å². The molecule has 1 aromatic heterocycles. The molecule has 23 heavy (non-hydrogen) atoms. The van der Waals surface area contributed by atoms with Crippen LogP contribution in [0.2, 0.25) is 0 Å². The second kappa shape index (κ2) is 6.46. The number of hydrogen-bond acceptors (Lipinski definition) is 5. The number of carbonyl (C=O) groups is 1. The van der Waals surface area contributed by atoms with Crippen LogP contribution in [0.4, 0.5) is 10.1 Å². The van der Waals surface area contributed by atoms with E-state index in [0.717, 1.165) is 6.26 Å². The molecule has 0 bridgehead atoms. The fourth-order valence-electron chi connectivity index (χ4n) is 1.62. The minimum atomic E-state index is -3.68. The van der Waals surface area contributed by atoms with Crippen molar-refractivity contribution < 1.29 is 17.6 Å². The van der Waals surface area contributed by atoms with E-state index >= 15 is 0 Å². The van der Waals surface area contributed by atoms with Gasteiger partial charge < -0.3 is 5.73 Å². The maximum atomic E-state index is 13.2. The van der Waals surface area contributed by atoms with Crippen molar-refractivity contribution in [2.45, 2.75) is 0 Å². The van der Waals surface area contributed by atoms with E-state index < -0.39 is 21.7 Å². The summed E-state index contributed by atoms with van der Waals surface area (Å²) in [7, 11) is -3.68. The van der Waals surface area contributed by atoms with Crippen LogP contribution >= 0.6 is 0 Å². The Labute approximate surface area is 132 Å². The third-order valence-corrected chi connectivity index (χ3v) is 3.16. The lowest BCUT2D eigenvalue weighted by atomic mass is 10.1. The molecule has 2 aromatic rings. The molecule has 0 unspecified atom stereocenters. The fourth-order valence-corrected chi connectivity index (χ4v) is 2.06. The van der Waals surface area contributed by atoms with E-state index in [1.165, 1.54) is 36.4 Å². The van der Waals surface area contributed by atoms with E-state index in [9.17, 15) is 17.6 Å². The molecular weight excluding hydrogens is 321 g/mol. The number of nitrogens with one attached hydrogen (secondary N) is 1. The van der Waals surface area contributed by atoms with Crippen molar-refractivity contribution in [3.05, 3.63) is 59.2 Å². The van der Waals surface area contributed by atoms with E-state index in [2.05, 4.69) is 16.8 Å². The zero-order chi connectivity index (χ0) is 17.0. The van der Waals surface area contributed by atoms with Crippen molar-refractivity contribution in [1.29, 1.82) is 0 Å². The molecule has 0 radical (unpaired) electrons. The minimum absolute atomic E-state index is 0.102. The predicted octanol–water partition coefficient (Wildman–Crippen LogP) is 0.892. The fraction of sp³-hybridized carbons (Fsp3) is 0.0667. The smallest absolute Gasteiger partial charge is 0.283 e. The number of amides is 1. The summed E-state index contributed by atoms with van der Waals surface area (Å²) in [4.78, 5) is 15.7. The van der Waals surface area contributed by atoms with Crippen LogP contribution in [0.25, 0.3) is 0 Å². The van der Waals surface area contributed by atoms with Crippen molar-refractivity contribution in [3.63, 3.8) is 0 Å². The molecule has 0 aliphatic carbocycles. The third-order valence-electron chi connectivity index (χ3n) is 2.60. The first-order valence-electron chi connectivity index (χ1n) is 6.31. The van der Waals surface area contributed by atoms with Gasteiger partial charge in [-0.2, -0.15) is 0 Å². The van der Waals surface area contributed by atoms with Crippen molar-refractivity contribution >= 4 is 21.6 Å². The van der Waals surface area contributed by atoms with Crippen LogP contribution in [0, 0.1) is 17.7 Å². The van der Waals surface area contributed by atoms with Gasteiger partial charge in [0.25, 0.3) is 5.91 Å². The van der Waals surface area contributed by atoms with Gasteiger partial charge in [0.1, 0.15) is 17.2 Å². The SMILES string of the molecule is CS(=O)(=O)NC(=O)c1cccc(C#Cc2cc(F)ccc2N)n1. The summed E-state index contributed by atoms with van der Waals surface area (Å²) >= 11 is 0. The first-order valence-corrected chi connectivity index (χ1v) is 8.20. The quantitative estimate of drug-likeness (QED) is 0.628. The number of halogens is 1. The Kier molecular flexibility index (Phi) is 4.62. The number of carbonyl (C=O) groups excluding carboxylic acids is 1. The van der Waals surface area contributed by atoms with Gasteiger partial charge in [-0.3, -0.25) is 4.79 Å². The average Bonchev–Trinajstić information content (AvgIpc) is 2.47. The number of anilines is 1. The number of sulfonamides is 1. The zero-order valence-corrected chi connectivity index (χ0v) is 12.8. The Balaban J connectivity index is 2.30. The molecule has 1 aromatic carbocycles. The number of benzene rings is 1. The molecule has 118 valence electrons. The lowest BCUT2D eigenvalue weighted by Crippen LogP contribution is -2.30. The molecule has 0 aliphatic heterocycles. The minimum Gasteiger partial charge on any atom is -0.398 e. The number of nitrogens with zero attached hydrogens (tertiary/aromatic N) is 1. The summed E-state index contributed by atoms with van der Waals surface area (Å²) < 4.78 is 37.0. The van der Waals surface area contributed by atoms with Gasteiger partial charge in [0.05, 0.1) is 11.8 Å². The molecule has 0 saturated heterocycles. The number of pyridine rings is 1. The average molecular weight is 333 g/mol. The molecule has 1 amide bonds. The Morgan fingerprint density at radius 3 is 2.70 bits per heavy atom. The highest BCUT2D eigenvalue weighted by Gasteiger charge is 2.12. The predicted molar refractivity (Wildman–Crippen MR) is 83.3 cm³/mol. The number of nitrogen functional groups attached to an aromatic ring is 1. The van der Waals surface area contributed by atoms with Gasteiger partial charge in [-0.05, 0) is 36.3 Å². The molecular formula is C15H12FN3O3S. The van der Waals surface area contributed by atoms with Crippen LogP contribution in [0.5, 0.6) is 0 Å². The van der Waals surface area contributed by atoms with E-state index in [1.54, 1.807) is 4.72 Å². The van der Waals surface area contributed by atoms with Crippen molar-refractivity contribution in [2.24, 2.45) is 0 Å². The highest BCUT2D eigenvalue weighted by Crippen LogP contribution is 2.12. The van der Waals surface area contributed by atoms with Crippen LogP contribution in [0.15, 0.2) is 36.4 Å². The number of hydrogen-bond donors (Lipinski definition) is 2. The standard InChI is InChI=1S/C15H12FN3O3S/c1-23(21,22)19-15(20)14-4-2-3-12(18-14)7-5-10-9-11(16)6-8-13(10)17/h2-4,6,8-9H,17H2,1H3,(H,19,20). The summed E-state index contributed by atoms with van der Waals surface area (Å²) in [6.45, 7) is 0. The molecule has 6 nitrogen and oxygen atoms in total. The van der Waals surface area contributed by atoms with Gasteiger partial charge in [-0.25, -0.2) is 22.5 Å². The highest BCUT2D eigenvalue weighted by atomic mass is 32.2. The van der Waals surface area contributed by atoms with Crippen molar-refractivity contribution in [2.75, 3.05) is 12.0 Å². The Hall–Kier alpha value is -2.92. The Morgan fingerprint density at radius 1 is 1.26 bits per heavy atom. The Morgan fingerprint density at radius 2 is 2.00 bits per heavy atom. The molecule has 8 heteroatoms.